The van der Waals surface area contributed by atoms with Crippen LogP contribution in [-0.4, -0.2) is 45.7 Å². The lowest BCUT2D eigenvalue weighted by atomic mass is 10.3. The van der Waals surface area contributed by atoms with E-state index in [1.54, 1.807) is 0 Å². The molecule has 120 valence electrons. The normalized spacial score (nSPS) is 12.9. The van der Waals surface area contributed by atoms with Crippen LogP contribution in [0.1, 0.15) is 0 Å². The molecule has 0 fully saturated rings. The van der Waals surface area contributed by atoms with E-state index in [0.29, 0.717) is 12.1 Å². The molecule has 1 aromatic carbocycles. The summed E-state index contributed by atoms with van der Waals surface area (Å²) < 4.78 is 92.3. The van der Waals surface area contributed by atoms with E-state index in [2.05, 4.69) is 4.74 Å². The number of halogens is 5. The van der Waals surface area contributed by atoms with Gasteiger partial charge in [-0.25, -0.2) is 17.2 Å². The van der Waals surface area contributed by atoms with Gasteiger partial charge in [0.05, 0.1) is 6.61 Å². The van der Waals surface area contributed by atoms with E-state index in [0.717, 1.165) is 0 Å². The van der Waals surface area contributed by atoms with Crippen LogP contribution in [0.2, 0.25) is 0 Å². The van der Waals surface area contributed by atoms with E-state index in [4.69, 9.17) is 0 Å². The Hall–Kier alpha value is -1.26. The molecule has 0 unspecified atom stereocenters. The monoisotopic (exact) mass is 333 g/mol. The summed E-state index contributed by atoms with van der Waals surface area (Å²) in [6.45, 7) is -2.72. The Morgan fingerprint density at radius 2 is 1.86 bits per heavy atom. The van der Waals surface area contributed by atoms with Gasteiger partial charge >= 0.3 is 6.18 Å². The molecule has 0 aliphatic carbocycles. The molecule has 0 aromatic heterocycles. The highest BCUT2D eigenvalue weighted by Gasteiger charge is 2.37. The lowest BCUT2D eigenvalue weighted by molar-refractivity contribution is -0.136. The van der Waals surface area contributed by atoms with Crippen molar-refractivity contribution in [3.8, 4) is 0 Å². The van der Waals surface area contributed by atoms with Crippen LogP contribution in [0.4, 0.5) is 22.0 Å². The number of hydrogen-bond acceptors (Lipinski definition) is 3. The summed E-state index contributed by atoms with van der Waals surface area (Å²) in [7, 11) is -3.58. The lowest BCUT2D eigenvalue weighted by Crippen LogP contribution is -2.41. The van der Waals surface area contributed by atoms with Crippen molar-refractivity contribution >= 4 is 10.0 Å². The average molecular weight is 333 g/mol. The maximum atomic E-state index is 13.5. The van der Waals surface area contributed by atoms with Gasteiger partial charge in [0, 0.05) is 19.7 Å². The number of benzene rings is 1. The zero-order valence-electron chi connectivity index (χ0n) is 10.8. The molecule has 1 rings (SSSR count). The highest BCUT2D eigenvalue weighted by atomic mass is 32.2. The summed E-state index contributed by atoms with van der Waals surface area (Å²) in [5, 5.41) is 0. The number of nitrogens with zero attached hydrogens (tertiary/aromatic N) is 1. The molecule has 0 heterocycles. The minimum absolute atomic E-state index is 0.0345. The highest BCUT2D eigenvalue weighted by Crippen LogP contribution is 2.24. The summed E-state index contributed by atoms with van der Waals surface area (Å²) in [6.07, 6.45) is -4.81. The van der Waals surface area contributed by atoms with Gasteiger partial charge in [0.25, 0.3) is 0 Å². The minimum Gasteiger partial charge on any atom is -0.383 e. The van der Waals surface area contributed by atoms with Crippen LogP contribution >= 0.6 is 0 Å². The van der Waals surface area contributed by atoms with Crippen LogP contribution in [0.25, 0.3) is 0 Å². The first kappa shape index (κ1) is 17.8. The molecule has 0 amide bonds. The van der Waals surface area contributed by atoms with E-state index in [1.165, 1.54) is 7.11 Å². The van der Waals surface area contributed by atoms with Gasteiger partial charge in [0.15, 0.2) is 0 Å². The topological polar surface area (TPSA) is 46.6 Å². The fraction of sp³-hybridized carbons (Fsp3) is 0.455. The van der Waals surface area contributed by atoms with Gasteiger partial charge in [-0.3, -0.25) is 0 Å². The third-order valence-corrected chi connectivity index (χ3v) is 4.29. The van der Waals surface area contributed by atoms with Crippen molar-refractivity contribution in [3.05, 3.63) is 29.8 Å². The fourth-order valence-corrected chi connectivity index (χ4v) is 2.96. The Bertz CT molecular complexity index is 588. The Labute approximate surface area is 118 Å². The zero-order valence-corrected chi connectivity index (χ0v) is 11.6. The van der Waals surface area contributed by atoms with E-state index in [1.807, 2.05) is 0 Å². The number of sulfonamides is 1. The number of ether oxygens (including phenoxy) is 1. The van der Waals surface area contributed by atoms with Crippen molar-refractivity contribution in [2.45, 2.75) is 11.1 Å². The Kier molecular flexibility index (Phi) is 5.65. The quantitative estimate of drug-likeness (QED) is 0.750. The van der Waals surface area contributed by atoms with E-state index < -0.39 is 45.8 Å². The maximum Gasteiger partial charge on any atom is 0.402 e. The van der Waals surface area contributed by atoms with Crippen LogP contribution < -0.4 is 0 Å². The van der Waals surface area contributed by atoms with Gasteiger partial charge in [0.2, 0.25) is 10.0 Å². The van der Waals surface area contributed by atoms with Crippen molar-refractivity contribution in [3.63, 3.8) is 0 Å². The first-order valence-corrected chi connectivity index (χ1v) is 7.03. The minimum atomic E-state index is -4.81. The fourth-order valence-electron chi connectivity index (χ4n) is 1.50. The smallest absolute Gasteiger partial charge is 0.383 e. The van der Waals surface area contributed by atoms with Crippen molar-refractivity contribution < 1.29 is 35.1 Å². The number of hydrogen-bond donors (Lipinski definition) is 0. The predicted molar refractivity (Wildman–Crippen MR) is 63.0 cm³/mol. The van der Waals surface area contributed by atoms with Crippen LogP contribution in [0, 0.1) is 11.6 Å². The van der Waals surface area contributed by atoms with Gasteiger partial charge in [-0.1, -0.05) is 0 Å². The summed E-state index contributed by atoms with van der Waals surface area (Å²) in [6, 6.07) is 1.52. The molecule has 21 heavy (non-hydrogen) atoms. The molecule has 0 aliphatic rings. The molecular formula is C11H12F5NO3S. The summed E-state index contributed by atoms with van der Waals surface area (Å²) in [4.78, 5) is -1.02. The van der Waals surface area contributed by atoms with Crippen molar-refractivity contribution in [2.75, 3.05) is 26.8 Å². The summed E-state index contributed by atoms with van der Waals surface area (Å²) >= 11 is 0. The van der Waals surface area contributed by atoms with E-state index in [-0.39, 0.29) is 17.0 Å². The molecule has 0 saturated heterocycles. The Morgan fingerprint density at radius 3 is 2.33 bits per heavy atom. The van der Waals surface area contributed by atoms with E-state index >= 15 is 0 Å². The molecular weight excluding hydrogens is 321 g/mol. The second-order valence-electron chi connectivity index (χ2n) is 4.02. The van der Waals surface area contributed by atoms with Gasteiger partial charge in [-0.15, -0.1) is 0 Å². The first-order valence-electron chi connectivity index (χ1n) is 5.59. The molecule has 0 atom stereocenters. The van der Waals surface area contributed by atoms with Crippen molar-refractivity contribution in [1.29, 1.82) is 0 Å². The number of methoxy groups -OCH3 is 1. The molecule has 0 bridgehead atoms. The van der Waals surface area contributed by atoms with E-state index in [9.17, 15) is 30.4 Å². The number of alkyl halides is 3. The third-order valence-electron chi connectivity index (χ3n) is 2.41. The highest BCUT2D eigenvalue weighted by molar-refractivity contribution is 7.89. The standard InChI is InChI=1S/C11H12F5NO3S/c1-20-5-4-17(7-11(14,15)16)21(18,19)10-3-2-8(12)6-9(10)13/h2-3,6H,4-5,7H2,1H3. The van der Waals surface area contributed by atoms with Gasteiger partial charge in [-0.2, -0.15) is 17.5 Å². The first-order chi connectivity index (χ1) is 9.58. The second kappa shape index (κ2) is 6.67. The predicted octanol–water partition coefficient (Wildman–Crippen LogP) is 2.16. The molecule has 0 saturated carbocycles. The Balaban J connectivity index is 3.19. The largest absolute Gasteiger partial charge is 0.402 e. The van der Waals surface area contributed by atoms with Crippen LogP contribution in [0.15, 0.2) is 23.1 Å². The molecule has 1 aromatic rings. The van der Waals surface area contributed by atoms with Crippen LogP contribution in [0.5, 0.6) is 0 Å². The molecule has 0 N–H and O–H groups in total. The third kappa shape index (κ3) is 4.90. The Morgan fingerprint density at radius 1 is 1.24 bits per heavy atom. The van der Waals surface area contributed by atoms with Crippen LogP contribution in [0.3, 0.4) is 0 Å². The average Bonchev–Trinajstić information content (AvgIpc) is 2.32. The molecule has 10 heteroatoms. The maximum absolute atomic E-state index is 13.5. The molecule has 4 nitrogen and oxygen atoms in total. The molecule has 0 spiro atoms. The molecule has 0 aliphatic heterocycles. The van der Waals surface area contributed by atoms with Crippen molar-refractivity contribution in [2.24, 2.45) is 0 Å². The second-order valence-corrected chi connectivity index (χ2v) is 5.93. The summed E-state index contributed by atoms with van der Waals surface area (Å²) in [5.41, 5.74) is 0. The SMILES string of the molecule is COCCN(CC(F)(F)F)S(=O)(=O)c1ccc(F)cc1F. The van der Waals surface area contributed by atoms with Gasteiger partial charge in [0.1, 0.15) is 23.1 Å². The number of rotatable bonds is 6. The van der Waals surface area contributed by atoms with Crippen molar-refractivity contribution in [1.82, 2.24) is 4.31 Å². The van der Waals surface area contributed by atoms with Crippen LogP contribution in [-0.2, 0) is 14.8 Å². The lowest BCUT2D eigenvalue weighted by Gasteiger charge is -2.23. The van der Waals surface area contributed by atoms with Gasteiger partial charge in [-0.05, 0) is 12.1 Å². The summed E-state index contributed by atoms with van der Waals surface area (Å²) in [5.74, 6) is -2.50. The molecule has 0 radical (unpaired) electrons. The van der Waals surface area contributed by atoms with Gasteiger partial charge < -0.3 is 4.74 Å². The zero-order chi connectivity index (χ0) is 16.3.